The van der Waals surface area contributed by atoms with Crippen LogP contribution in [0.1, 0.15) is 26.3 Å². The molecule has 0 saturated heterocycles. The first-order valence-electron chi connectivity index (χ1n) is 10.0. The van der Waals surface area contributed by atoms with Crippen LogP contribution in [-0.2, 0) is 21.2 Å². The van der Waals surface area contributed by atoms with Crippen molar-refractivity contribution in [3.63, 3.8) is 0 Å². The van der Waals surface area contributed by atoms with E-state index in [4.69, 9.17) is 9.47 Å². The molecular formula is C22H29N3O5S. The summed E-state index contributed by atoms with van der Waals surface area (Å²) in [4.78, 5) is 14.8. The normalized spacial score (nSPS) is 14.3. The van der Waals surface area contributed by atoms with E-state index < -0.39 is 20.8 Å². The van der Waals surface area contributed by atoms with Crippen LogP contribution in [0.2, 0.25) is 0 Å². The van der Waals surface area contributed by atoms with Gasteiger partial charge in [-0.25, -0.2) is 13.1 Å². The summed E-state index contributed by atoms with van der Waals surface area (Å²) in [7, 11) is -1.86. The minimum Gasteiger partial charge on any atom is -0.454 e. The van der Waals surface area contributed by atoms with Gasteiger partial charge in [0.05, 0.1) is 17.5 Å². The Morgan fingerprint density at radius 2 is 1.77 bits per heavy atom. The standard InChI is InChI=1S/C22H29N3O5S/c1-22(2,3)31(27,28)24-14-23-18(12-16-8-6-5-7-9-16)21(26)25(4)17-10-11-19-20(13-17)30-15-29-19/h5-11,13,18,23-24H,12,14-15H2,1-4H3. The Balaban J connectivity index is 1.75. The van der Waals surface area contributed by atoms with Crippen LogP contribution in [0.5, 0.6) is 11.5 Å². The average molecular weight is 448 g/mol. The Kier molecular flexibility index (Phi) is 6.88. The third-order valence-electron chi connectivity index (χ3n) is 5.07. The molecule has 0 saturated carbocycles. The Labute approximate surface area is 183 Å². The molecular weight excluding hydrogens is 418 g/mol. The molecule has 1 aliphatic rings. The molecule has 9 heteroatoms. The van der Waals surface area contributed by atoms with Crippen molar-refractivity contribution in [2.75, 3.05) is 25.4 Å². The van der Waals surface area contributed by atoms with E-state index in [1.807, 2.05) is 30.3 Å². The number of amides is 1. The Hall–Kier alpha value is -2.62. The summed E-state index contributed by atoms with van der Waals surface area (Å²) in [5.74, 6) is 1.03. The lowest BCUT2D eigenvalue weighted by Crippen LogP contribution is -2.51. The van der Waals surface area contributed by atoms with E-state index in [2.05, 4.69) is 10.0 Å². The number of rotatable bonds is 8. The Morgan fingerprint density at radius 3 is 2.45 bits per heavy atom. The minimum absolute atomic E-state index is 0.0577. The van der Waals surface area contributed by atoms with E-state index in [0.29, 0.717) is 23.6 Å². The number of sulfonamides is 1. The zero-order chi connectivity index (χ0) is 22.6. The van der Waals surface area contributed by atoms with Gasteiger partial charge in [-0.3, -0.25) is 10.1 Å². The highest BCUT2D eigenvalue weighted by molar-refractivity contribution is 7.90. The SMILES string of the molecule is CN(C(=O)C(Cc1ccccc1)NCNS(=O)(=O)C(C)(C)C)c1ccc2c(c1)OCO2. The van der Waals surface area contributed by atoms with Gasteiger partial charge in [0.2, 0.25) is 22.7 Å². The van der Waals surface area contributed by atoms with Crippen LogP contribution in [0, 0.1) is 0 Å². The van der Waals surface area contributed by atoms with Gasteiger partial charge in [0, 0.05) is 18.8 Å². The topological polar surface area (TPSA) is 97.0 Å². The van der Waals surface area contributed by atoms with Crippen LogP contribution in [0.4, 0.5) is 5.69 Å². The first-order chi connectivity index (χ1) is 14.6. The fraction of sp³-hybridized carbons (Fsp3) is 0.409. The lowest BCUT2D eigenvalue weighted by Gasteiger charge is -2.26. The molecule has 0 spiro atoms. The molecule has 1 atom stereocenters. The van der Waals surface area contributed by atoms with Crippen LogP contribution >= 0.6 is 0 Å². The molecule has 2 aromatic rings. The average Bonchev–Trinajstić information content (AvgIpc) is 3.19. The van der Waals surface area contributed by atoms with Crippen LogP contribution in [0.3, 0.4) is 0 Å². The van der Waals surface area contributed by atoms with Crippen molar-refractivity contribution in [1.29, 1.82) is 0 Å². The van der Waals surface area contributed by atoms with Gasteiger partial charge >= 0.3 is 0 Å². The lowest BCUT2D eigenvalue weighted by atomic mass is 10.0. The van der Waals surface area contributed by atoms with Crippen molar-refractivity contribution in [2.45, 2.75) is 38.0 Å². The molecule has 3 rings (SSSR count). The molecule has 0 radical (unpaired) electrons. The maximum Gasteiger partial charge on any atom is 0.244 e. The van der Waals surface area contributed by atoms with Crippen molar-refractivity contribution in [3.05, 3.63) is 54.1 Å². The molecule has 1 unspecified atom stereocenters. The largest absolute Gasteiger partial charge is 0.454 e. The molecule has 0 bridgehead atoms. The number of fused-ring (bicyclic) bond motifs is 1. The van der Waals surface area contributed by atoms with Crippen molar-refractivity contribution < 1.29 is 22.7 Å². The number of hydrogen-bond donors (Lipinski definition) is 2. The number of likely N-dealkylation sites (N-methyl/N-ethyl adjacent to an activating group) is 1. The maximum atomic E-state index is 13.3. The number of ether oxygens (including phenoxy) is 2. The van der Waals surface area contributed by atoms with Gasteiger partial charge < -0.3 is 14.4 Å². The second kappa shape index (κ2) is 9.25. The summed E-state index contributed by atoms with van der Waals surface area (Å²) in [6, 6.07) is 14.2. The molecule has 1 amide bonds. The summed E-state index contributed by atoms with van der Waals surface area (Å²) < 4.78 is 37.0. The van der Waals surface area contributed by atoms with Gasteiger partial charge in [-0.1, -0.05) is 30.3 Å². The van der Waals surface area contributed by atoms with Crippen LogP contribution in [0.15, 0.2) is 48.5 Å². The highest BCUT2D eigenvalue weighted by Gasteiger charge is 2.30. The van der Waals surface area contributed by atoms with E-state index >= 15 is 0 Å². The van der Waals surface area contributed by atoms with Crippen molar-refractivity contribution >= 4 is 21.6 Å². The van der Waals surface area contributed by atoms with Crippen molar-refractivity contribution in [1.82, 2.24) is 10.0 Å². The monoisotopic (exact) mass is 447 g/mol. The molecule has 31 heavy (non-hydrogen) atoms. The fourth-order valence-electron chi connectivity index (χ4n) is 3.03. The molecule has 168 valence electrons. The maximum absolute atomic E-state index is 13.3. The van der Waals surface area contributed by atoms with Gasteiger partial charge in [0.1, 0.15) is 0 Å². The predicted octanol–water partition coefficient (Wildman–Crippen LogP) is 2.25. The van der Waals surface area contributed by atoms with E-state index in [1.165, 1.54) is 4.90 Å². The Morgan fingerprint density at radius 1 is 1.10 bits per heavy atom. The first-order valence-corrected chi connectivity index (χ1v) is 11.5. The quantitative estimate of drug-likeness (QED) is 0.603. The molecule has 1 aliphatic heterocycles. The molecule has 2 N–H and O–H groups in total. The van der Waals surface area contributed by atoms with Crippen molar-refractivity contribution in [2.24, 2.45) is 0 Å². The van der Waals surface area contributed by atoms with Gasteiger partial charge in [-0.2, -0.15) is 0 Å². The smallest absolute Gasteiger partial charge is 0.244 e. The number of carbonyl (C=O) groups excluding carboxylic acids is 1. The number of anilines is 1. The third-order valence-corrected chi connectivity index (χ3v) is 7.21. The number of carbonyl (C=O) groups is 1. The molecule has 0 aliphatic carbocycles. The second-order valence-corrected chi connectivity index (χ2v) is 10.8. The summed E-state index contributed by atoms with van der Waals surface area (Å²) in [6.07, 6.45) is 0.409. The highest BCUT2D eigenvalue weighted by atomic mass is 32.2. The summed E-state index contributed by atoms with van der Waals surface area (Å²) >= 11 is 0. The highest BCUT2D eigenvalue weighted by Crippen LogP contribution is 2.35. The van der Waals surface area contributed by atoms with E-state index in [1.54, 1.807) is 46.0 Å². The zero-order valence-electron chi connectivity index (χ0n) is 18.2. The number of nitrogens with zero attached hydrogens (tertiary/aromatic N) is 1. The molecule has 0 fully saturated rings. The van der Waals surface area contributed by atoms with Gasteiger partial charge in [0.25, 0.3) is 0 Å². The van der Waals surface area contributed by atoms with Gasteiger partial charge in [-0.05, 0) is 44.9 Å². The van der Waals surface area contributed by atoms with Crippen molar-refractivity contribution in [3.8, 4) is 11.5 Å². The van der Waals surface area contributed by atoms with Crippen LogP contribution in [-0.4, -0.2) is 45.6 Å². The van der Waals surface area contributed by atoms with Crippen LogP contribution < -0.4 is 24.4 Å². The molecule has 8 nitrogen and oxygen atoms in total. The zero-order valence-corrected chi connectivity index (χ0v) is 19.0. The second-order valence-electron chi connectivity index (χ2n) is 8.32. The Bertz CT molecular complexity index is 1020. The van der Waals surface area contributed by atoms with Gasteiger partial charge in [0.15, 0.2) is 11.5 Å². The number of benzene rings is 2. The van der Waals surface area contributed by atoms with E-state index in [-0.39, 0.29) is 19.4 Å². The van der Waals surface area contributed by atoms with E-state index in [0.717, 1.165) is 5.56 Å². The fourth-order valence-corrected chi connectivity index (χ4v) is 3.73. The lowest BCUT2D eigenvalue weighted by molar-refractivity contribution is -0.120. The van der Waals surface area contributed by atoms with Gasteiger partial charge in [-0.15, -0.1) is 0 Å². The third kappa shape index (κ3) is 5.55. The summed E-state index contributed by atoms with van der Waals surface area (Å²) in [6.45, 7) is 4.96. The number of nitrogens with one attached hydrogen (secondary N) is 2. The summed E-state index contributed by atoms with van der Waals surface area (Å²) in [5.41, 5.74) is 1.62. The molecule has 1 heterocycles. The molecule has 0 aromatic heterocycles. The minimum atomic E-state index is -3.54. The molecule has 2 aromatic carbocycles. The van der Waals surface area contributed by atoms with E-state index in [9.17, 15) is 13.2 Å². The number of hydrogen-bond acceptors (Lipinski definition) is 6. The summed E-state index contributed by atoms with van der Waals surface area (Å²) in [5, 5.41) is 3.06. The first kappa shape index (κ1) is 23.1. The predicted molar refractivity (Wildman–Crippen MR) is 120 cm³/mol. The van der Waals surface area contributed by atoms with Crippen LogP contribution in [0.25, 0.3) is 0 Å².